The molecular formula is C14H15F2N3O4. The number of anilines is 1. The minimum absolute atomic E-state index is 0.0352. The molecule has 0 aliphatic heterocycles. The molecule has 7 nitrogen and oxygen atoms in total. The Kier molecular flexibility index (Phi) is 5.47. The molecule has 0 aliphatic carbocycles. The number of benzene rings is 1. The number of nitrogens with one attached hydrogen (secondary N) is 1. The predicted molar refractivity (Wildman–Crippen MR) is 76.8 cm³/mol. The largest absolute Gasteiger partial charge is 0.493 e. The maximum Gasteiger partial charge on any atom is 0.387 e. The Bertz CT molecular complexity index is 676. The summed E-state index contributed by atoms with van der Waals surface area (Å²) in [6.45, 7) is -2.72. The Morgan fingerprint density at radius 2 is 2.13 bits per heavy atom. The molecule has 1 N–H and O–H groups in total. The molecule has 1 heterocycles. The van der Waals surface area contributed by atoms with Gasteiger partial charge in [-0.2, -0.15) is 13.9 Å². The van der Waals surface area contributed by atoms with Crippen LogP contribution in [0.2, 0.25) is 0 Å². The second-order valence-corrected chi connectivity index (χ2v) is 4.38. The number of amides is 1. The van der Waals surface area contributed by atoms with Crippen molar-refractivity contribution in [2.75, 3.05) is 19.5 Å². The lowest BCUT2D eigenvalue weighted by Crippen LogP contribution is -2.12. The lowest BCUT2D eigenvalue weighted by Gasteiger charge is -2.11. The SMILES string of the molecule is COCn1cc(NC(=O)c2ccc(OC(F)F)c(OC)c2)cn1. The first-order chi connectivity index (χ1) is 11.0. The molecule has 1 aromatic heterocycles. The van der Waals surface area contributed by atoms with Gasteiger partial charge >= 0.3 is 6.61 Å². The summed E-state index contributed by atoms with van der Waals surface area (Å²) in [4.78, 5) is 12.2. The van der Waals surface area contributed by atoms with Gasteiger partial charge in [-0.1, -0.05) is 0 Å². The topological polar surface area (TPSA) is 74.6 Å². The van der Waals surface area contributed by atoms with Crippen molar-refractivity contribution in [3.8, 4) is 11.5 Å². The number of hydrogen-bond acceptors (Lipinski definition) is 5. The summed E-state index contributed by atoms with van der Waals surface area (Å²) in [5, 5.41) is 6.61. The Labute approximate surface area is 130 Å². The third kappa shape index (κ3) is 4.39. The van der Waals surface area contributed by atoms with E-state index >= 15 is 0 Å². The van der Waals surface area contributed by atoms with Gasteiger partial charge in [0, 0.05) is 12.7 Å². The summed E-state index contributed by atoms with van der Waals surface area (Å²) in [5.41, 5.74) is 0.696. The molecule has 0 atom stereocenters. The predicted octanol–water partition coefficient (Wildman–Crippen LogP) is 2.35. The standard InChI is InChI=1S/C14H15F2N3O4/c1-21-8-19-7-10(6-17-19)18-13(20)9-3-4-11(23-14(15)16)12(5-9)22-2/h3-7,14H,8H2,1-2H3,(H,18,20). The van der Waals surface area contributed by atoms with Crippen LogP contribution in [0.5, 0.6) is 11.5 Å². The van der Waals surface area contributed by atoms with Crippen molar-refractivity contribution >= 4 is 11.6 Å². The first-order valence-electron chi connectivity index (χ1n) is 6.49. The zero-order valence-electron chi connectivity index (χ0n) is 12.5. The fourth-order valence-electron chi connectivity index (χ4n) is 1.84. The fraction of sp³-hybridized carbons (Fsp3) is 0.286. The number of methoxy groups -OCH3 is 2. The number of halogens is 2. The molecule has 23 heavy (non-hydrogen) atoms. The summed E-state index contributed by atoms with van der Waals surface area (Å²) in [5.74, 6) is -0.552. The molecule has 0 unspecified atom stereocenters. The maximum absolute atomic E-state index is 12.3. The molecule has 0 saturated heterocycles. The number of hydrogen-bond donors (Lipinski definition) is 1. The summed E-state index contributed by atoms with van der Waals surface area (Å²) in [6, 6.07) is 3.91. The molecule has 2 rings (SSSR count). The van der Waals surface area contributed by atoms with Crippen LogP contribution in [0.15, 0.2) is 30.6 Å². The number of nitrogens with zero attached hydrogens (tertiary/aromatic N) is 2. The van der Waals surface area contributed by atoms with Crippen LogP contribution in [0.1, 0.15) is 10.4 Å². The molecule has 0 spiro atoms. The molecule has 1 aromatic carbocycles. The first-order valence-corrected chi connectivity index (χ1v) is 6.49. The first kappa shape index (κ1) is 16.7. The van der Waals surface area contributed by atoms with E-state index in [0.717, 1.165) is 0 Å². The van der Waals surface area contributed by atoms with Crippen molar-refractivity contribution in [1.82, 2.24) is 9.78 Å². The maximum atomic E-state index is 12.3. The molecule has 0 saturated carbocycles. The minimum atomic E-state index is -2.98. The minimum Gasteiger partial charge on any atom is -0.493 e. The number of carbonyl (C=O) groups excluding carboxylic acids is 1. The van der Waals surface area contributed by atoms with Gasteiger partial charge in [0.25, 0.3) is 5.91 Å². The molecular weight excluding hydrogens is 312 g/mol. The highest BCUT2D eigenvalue weighted by Gasteiger charge is 2.14. The molecule has 0 bridgehead atoms. The van der Waals surface area contributed by atoms with Crippen LogP contribution >= 0.6 is 0 Å². The van der Waals surface area contributed by atoms with Crippen LogP contribution in [0, 0.1) is 0 Å². The number of aromatic nitrogens is 2. The van der Waals surface area contributed by atoms with Crippen LogP contribution in [0.3, 0.4) is 0 Å². The molecule has 0 radical (unpaired) electrons. The molecule has 1 amide bonds. The Morgan fingerprint density at radius 1 is 1.35 bits per heavy atom. The van der Waals surface area contributed by atoms with E-state index in [9.17, 15) is 13.6 Å². The summed E-state index contributed by atoms with van der Waals surface area (Å²) >= 11 is 0. The van der Waals surface area contributed by atoms with E-state index in [1.165, 1.54) is 43.3 Å². The van der Waals surface area contributed by atoms with Gasteiger partial charge in [-0.05, 0) is 18.2 Å². The lowest BCUT2D eigenvalue weighted by atomic mass is 10.2. The molecule has 9 heteroatoms. The van der Waals surface area contributed by atoms with E-state index in [-0.39, 0.29) is 23.8 Å². The quantitative estimate of drug-likeness (QED) is 0.845. The molecule has 0 aliphatic rings. The van der Waals surface area contributed by atoms with E-state index in [4.69, 9.17) is 9.47 Å². The monoisotopic (exact) mass is 327 g/mol. The normalized spacial score (nSPS) is 10.7. The van der Waals surface area contributed by atoms with Crippen LogP contribution in [-0.4, -0.2) is 36.5 Å². The van der Waals surface area contributed by atoms with Gasteiger partial charge in [-0.15, -0.1) is 0 Å². The Balaban J connectivity index is 2.12. The van der Waals surface area contributed by atoms with Crippen LogP contribution in [0.25, 0.3) is 0 Å². The molecule has 2 aromatic rings. The Morgan fingerprint density at radius 3 is 2.78 bits per heavy atom. The average Bonchev–Trinajstić information content (AvgIpc) is 2.94. The van der Waals surface area contributed by atoms with E-state index in [1.807, 2.05) is 0 Å². The number of rotatable bonds is 7. The number of carbonyl (C=O) groups is 1. The number of alkyl halides is 2. The highest BCUT2D eigenvalue weighted by molar-refractivity contribution is 6.04. The highest BCUT2D eigenvalue weighted by atomic mass is 19.3. The highest BCUT2D eigenvalue weighted by Crippen LogP contribution is 2.29. The van der Waals surface area contributed by atoms with Gasteiger partial charge in [0.1, 0.15) is 6.73 Å². The van der Waals surface area contributed by atoms with Crippen molar-refractivity contribution < 1.29 is 27.8 Å². The van der Waals surface area contributed by atoms with E-state index in [2.05, 4.69) is 15.2 Å². The van der Waals surface area contributed by atoms with Crippen LogP contribution in [-0.2, 0) is 11.5 Å². The average molecular weight is 327 g/mol. The van der Waals surface area contributed by atoms with Crippen LogP contribution in [0.4, 0.5) is 14.5 Å². The smallest absolute Gasteiger partial charge is 0.387 e. The van der Waals surface area contributed by atoms with Gasteiger partial charge in [-0.25, -0.2) is 4.68 Å². The molecule has 124 valence electrons. The third-order valence-corrected chi connectivity index (χ3v) is 2.79. The molecule has 0 fully saturated rings. The van der Waals surface area contributed by atoms with Gasteiger partial charge in [0.2, 0.25) is 0 Å². The fourth-order valence-corrected chi connectivity index (χ4v) is 1.84. The van der Waals surface area contributed by atoms with E-state index in [1.54, 1.807) is 6.20 Å². The van der Waals surface area contributed by atoms with Crippen molar-refractivity contribution in [3.63, 3.8) is 0 Å². The van der Waals surface area contributed by atoms with Crippen molar-refractivity contribution in [2.45, 2.75) is 13.3 Å². The zero-order chi connectivity index (χ0) is 16.8. The second kappa shape index (κ2) is 7.54. The van der Waals surface area contributed by atoms with Crippen molar-refractivity contribution in [2.24, 2.45) is 0 Å². The third-order valence-electron chi connectivity index (χ3n) is 2.79. The van der Waals surface area contributed by atoms with Gasteiger partial charge in [0.15, 0.2) is 11.5 Å². The Hall–Kier alpha value is -2.68. The lowest BCUT2D eigenvalue weighted by molar-refractivity contribution is -0.0512. The second-order valence-electron chi connectivity index (χ2n) is 4.38. The van der Waals surface area contributed by atoms with Gasteiger partial charge < -0.3 is 19.5 Å². The van der Waals surface area contributed by atoms with E-state index in [0.29, 0.717) is 5.69 Å². The zero-order valence-corrected chi connectivity index (χ0v) is 12.5. The van der Waals surface area contributed by atoms with Crippen LogP contribution < -0.4 is 14.8 Å². The summed E-state index contributed by atoms with van der Waals surface area (Å²) in [6.07, 6.45) is 3.05. The number of ether oxygens (including phenoxy) is 3. The van der Waals surface area contributed by atoms with E-state index < -0.39 is 12.5 Å². The van der Waals surface area contributed by atoms with Gasteiger partial charge in [-0.3, -0.25) is 4.79 Å². The van der Waals surface area contributed by atoms with Gasteiger partial charge in [0.05, 0.1) is 25.2 Å². The van der Waals surface area contributed by atoms with Crippen molar-refractivity contribution in [1.29, 1.82) is 0 Å². The summed E-state index contributed by atoms with van der Waals surface area (Å²) < 4.78 is 40.2. The van der Waals surface area contributed by atoms with Crippen molar-refractivity contribution in [3.05, 3.63) is 36.2 Å². The summed E-state index contributed by atoms with van der Waals surface area (Å²) in [7, 11) is 2.82.